The fourth-order valence-corrected chi connectivity index (χ4v) is 4.03. The minimum atomic E-state index is -1.14. The maximum atomic E-state index is 14.2. The Balaban J connectivity index is 1.43. The van der Waals surface area contributed by atoms with Gasteiger partial charge in [0.1, 0.15) is 17.5 Å². The van der Waals surface area contributed by atoms with E-state index in [1.807, 2.05) is 4.90 Å². The van der Waals surface area contributed by atoms with Crippen molar-refractivity contribution in [1.82, 2.24) is 10.2 Å². The molecule has 0 saturated carbocycles. The summed E-state index contributed by atoms with van der Waals surface area (Å²) in [5.74, 6) is -3.43. The van der Waals surface area contributed by atoms with Crippen molar-refractivity contribution in [3.05, 3.63) is 65.8 Å². The molecule has 2 N–H and O–H groups in total. The SMILES string of the molecule is NC1CN(c2ccc(-c3ccc(F)cc3)nn2)CC[C@@H]1C1CC(F)=C(F)C=C1F. The van der Waals surface area contributed by atoms with Crippen molar-refractivity contribution in [1.29, 1.82) is 0 Å². The number of hydrogen-bond acceptors (Lipinski definition) is 4. The van der Waals surface area contributed by atoms with Crippen LogP contribution in [0.5, 0.6) is 0 Å². The van der Waals surface area contributed by atoms with E-state index in [1.165, 1.54) is 12.1 Å². The van der Waals surface area contributed by atoms with Crippen LogP contribution in [0.3, 0.4) is 0 Å². The number of allylic oxidation sites excluding steroid dienone is 4. The van der Waals surface area contributed by atoms with Gasteiger partial charge in [0, 0.05) is 43.1 Å². The molecule has 2 aliphatic rings. The summed E-state index contributed by atoms with van der Waals surface area (Å²) in [7, 11) is 0. The normalized spacial score (nSPS) is 25.2. The summed E-state index contributed by atoms with van der Waals surface area (Å²) in [6, 6.07) is 9.15. The minimum absolute atomic E-state index is 0.284. The Morgan fingerprint density at radius 2 is 1.72 bits per heavy atom. The van der Waals surface area contributed by atoms with E-state index in [9.17, 15) is 17.6 Å². The highest BCUT2D eigenvalue weighted by atomic mass is 19.2. The Bertz CT molecular complexity index is 940. The van der Waals surface area contributed by atoms with Crippen molar-refractivity contribution in [2.45, 2.75) is 18.9 Å². The number of piperidine rings is 1. The van der Waals surface area contributed by atoms with Crippen molar-refractivity contribution >= 4 is 5.82 Å². The van der Waals surface area contributed by atoms with E-state index in [2.05, 4.69) is 10.2 Å². The average molecular weight is 404 g/mol. The quantitative estimate of drug-likeness (QED) is 0.768. The van der Waals surface area contributed by atoms with Crippen LogP contribution in [0.15, 0.2) is 60.0 Å². The molecule has 8 heteroatoms. The van der Waals surface area contributed by atoms with E-state index in [0.29, 0.717) is 37.1 Å². The van der Waals surface area contributed by atoms with Crippen molar-refractivity contribution in [2.24, 2.45) is 17.6 Å². The van der Waals surface area contributed by atoms with Crippen molar-refractivity contribution < 1.29 is 17.6 Å². The fraction of sp³-hybridized carbons (Fsp3) is 0.333. The Morgan fingerprint density at radius 1 is 0.966 bits per heavy atom. The Labute approximate surface area is 165 Å². The molecule has 1 saturated heterocycles. The van der Waals surface area contributed by atoms with Gasteiger partial charge in [-0.1, -0.05) is 0 Å². The molecule has 29 heavy (non-hydrogen) atoms. The topological polar surface area (TPSA) is 55.0 Å². The molecule has 2 heterocycles. The average Bonchev–Trinajstić information content (AvgIpc) is 2.72. The zero-order valence-electron chi connectivity index (χ0n) is 15.5. The third-order valence-electron chi connectivity index (χ3n) is 5.62. The number of benzene rings is 1. The number of nitrogens with zero attached hydrogens (tertiary/aromatic N) is 3. The Morgan fingerprint density at radius 3 is 2.38 bits per heavy atom. The zero-order chi connectivity index (χ0) is 20.5. The smallest absolute Gasteiger partial charge is 0.157 e. The largest absolute Gasteiger partial charge is 0.354 e. The summed E-state index contributed by atoms with van der Waals surface area (Å²) in [6.07, 6.45) is 0.865. The molecule has 1 aromatic heterocycles. The lowest BCUT2D eigenvalue weighted by Crippen LogP contribution is -2.51. The third-order valence-corrected chi connectivity index (χ3v) is 5.62. The molecule has 0 radical (unpaired) electrons. The van der Waals surface area contributed by atoms with Crippen LogP contribution in [0.2, 0.25) is 0 Å². The summed E-state index contributed by atoms with van der Waals surface area (Å²) in [5, 5.41) is 8.43. The van der Waals surface area contributed by atoms with Gasteiger partial charge in [0.05, 0.1) is 5.69 Å². The number of hydrogen-bond donors (Lipinski definition) is 1. The molecule has 4 rings (SSSR count). The van der Waals surface area contributed by atoms with E-state index >= 15 is 0 Å². The van der Waals surface area contributed by atoms with Crippen molar-refractivity contribution in [3.8, 4) is 11.3 Å². The van der Waals surface area contributed by atoms with E-state index in [4.69, 9.17) is 5.73 Å². The van der Waals surface area contributed by atoms with Crippen LogP contribution in [-0.2, 0) is 0 Å². The summed E-state index contributed by atoms with van der Waals surface area (Å²) in [4.78, 5) is 1.94. The molecule has 0 amide bonds. The molecule has 152 valence electrons. The molecular formula is C21H20F4N4. The maximum absolute atomic E-state index is 14.2. The second kappa shape index (κ2) is 7.94. The molecule has 1 fully saturated rings. The van der Waals surface area contributed by atoms with Crippen molar-refractivity contribution in [3.63, 3.8) is 0 Å². The van der Waals surface area contributed by atoms with Gasteiger partial charge in [-0.05, 0) is 48.7 Å². The molecule has 3 atom stereocenters. The van der Waals surface area contributed by atoms with Gasteiger partial charge in [-0.15, -0.1) is 10.2 Å². The van der Waals surface area contributed by atoms with Crippen LogP contribution < -0.4 is 10.6 Å². The van der Waals surface area contributed by atoms with Crippen molar-refractivity contribution in [2.75, 3.05) is 18.0 Å². The van der Waals surface area contributed by atoms with E-state index in [-0.39, 0.29) is 18.2 Å². The molecule has 0 spiro atoms. The first-order valence-corrected chi connectivity index (χ1v) is 9.44. The molecule has 4 nitrogen and oxygen atoms in total. The highest BCUT2D eigenvalue weighted by Gasteiger charge is 2.38. The molecule has 2 aromatic rings. The van der Waals surface area contributed by atoms with Gasteiger partial charge in [0.15, 0.2) is 11.6 Å². The van der Waals surface area contributed by atoms with E-state index in [0.717, 1.165) is 5.56 Å². The number of halogens is 4. The number of aromatic nitrogens is 2. The first-order valence-electron chi connectivity index (χ1n) is 9.44. The molecular weight excluding hydrogens is 384 g/mol. The van der Waals surface area contributed by atoms with Gasteiger partial charge in [-0.3, -0.25) is 0 Å². The number of nitrogens with two attached hydrogens (primary N) is 1. The molecule has 2 unspecified atom stereocenters. The minimum Gasteiger partial charge on any atom is -0.354 e. The molecule has 1 aliphatic carbocycles. The van der Waals surface area contributed by atoms with Crippen LogP contribution >= 0.6 is 0 Å². The predicted octanol–water partition coefficient (Wildman–Crippen LogP) is 4.46. The summed E-state index contributed by atoms with van der Waals surface area (Å²) >= 11 is 0. The Hall–Kier alpha value is -2.74. The lowest BCUT2D eigenvalue weighted by molar-refractivity contribution is 0.225. The van der Waals surface area contributed by atoms with Gasteiger partial charge >= 0.3 is 0 Å². The summed E-state index contributed by atoms with van der Waals surface area (Å²) < 4.78 is 54.1. The summed E-state index contributed by atoms with van der Waals surface area (Å²) in [6.45, 7) is 0.966. The van der Waals surface area contributed by atoms with Gasteiger partial charge in [-0.2, -0.15) is 0 Å². The predicted molar refractivity (Wildman–Crippen MR) is 102 cm³/mol. The highest BCUT2D eigenvalue weighted by molar-refractivity contribution is 5.59. The second-order valence-electron chi connectivity index (χ2n) is 7.44. The highest BCUT2D eigenvalue weighted by Crippen LogP contribution is 2.40. The lowest BCUT2D eigenvalue weighted by atomic mass is 9.77. The molecule has 1 aromatic carbocycles. The zero-order valence-corrected chi connectivity index (χ0v) is 15.5. The number of rotatable bonds is 3. The Kier molecular flexibility index (Phi) is 5.36. The fourth-order valence-electron chi connectivity index (χ4n) is 4.03. The van der Waals surface area contributed by atoms with Gasteiger partial charge in [0.2, 0.25) is 0 Å². The van der Waals surface area contributed by atoms with Crippen LogP contribution in [0.25, 0.3) is 11.3 Å². The van der Waals surface area contributed by atoms with Crippen LogP contribution in [0, 0.1) is 17.7 Å². The maximum Gasteiger partial charge on any atom is 0.157 e. The monoisotopic (exact) mass is 404 g/mol. The second-order valence-corrected chi connectivity index (χ2v) is 7.44. The third kappa shape index (κ3) is 4.03. The lowest BCUT2D eigenvalue weighted by Gasteiger charge is -2.40. The molecule has 0 bridgehead atoms. The standard InChI is InChI=1S/C21H20F4N4/c22-13-3-1-12(2-4-13)20-5-6-21(28-27-20)29-8-7-14(19(26)11-29)15-9-17(24)18(25)10-16(15)23/h1-6,10,14-15,19H,7-9,11,26H2/t14-,15?,19?/m1/s1. The van der Waals surface area contributed by atoms with Crippen LogP contribution in [0.4, 0.5) is 23.4 Å². The van der Waals surface area contributed by atoms with E-state index < -0.39 is 29.4 Å². The first-order chi connectivity index (χ1) is 13.9. The van der Waals surface area contributed by atoms with Crippen LogP contribution in [-0.4, -0.2) is 29.3 Å². The van der Waals surface area contributed by atoms with E-state index in [1.54, 1.807) is 24.3 Å². The summed E-state index contributed by atoms with van der Waals surface area (Å²) in [5.41, 5.74) is 7.63. The van der Waals surface area contributed by atoms with Gasteiger partial charge in [0.25, 0.3) is 0 Å². The van der Waals surface area contributed by atoms with Gasteiger partial charge < -0.3 is 10.6 Å². The van der Waals surface area contributed by atoms with Gasteiger partial charge in [-0.25, -0.2) is 17.6 Å². The first kappa shape index (κ1) is 19.6. The molecule has 1 aliphatic heterocycles. The number of anilines is 1. The van der Waals surface area contributed by atoms with Crippen LogP contribution in [0.1, 0.15) is 12.8 Å².